The van der Waals surface area contributed by atoms with Crippen LogP contribution < -0.4 is 0 Å². The Kier molecular flexibility index (Phi) is 36.5. The van der Waals surface area contributed by atoms with Crippen molar-refractivity contribution >= 4 is 17.9 Å². The number of allylic oxidation sites excluding steroid dienone is 4. The summed E-state index contributed by atoms with van der Waals surface area (Å²) in [5.41, 5.74) is 0. The molecule has 0 amide bonds. The zero-order valence-corrected chi connectivity index (χ0v) is 44.4. The van der Waals surface area contributed by atoms with Crippen molar-refractivity contribution in [3.05, 3.63) is 24.3 Å². The second-order valence-electron chi connectivity index (χ2n) is 21.0. The van der Waals surface area contributed by atoms with Crippen molar-refractivity contribution in [2.24, 2.45) is 23.7 Å². The average molecular weight is 983 g/mol. The third-order valence-corrected chi connectivity index (χ3v) is 14.7. The molecular weight excluding hydrogens is 881 g/mol. The van der Waals surface area contributed by atoms with Crippen LogP contribution >= 0.6 is 0 Å². The highest BCUT2D eigenvalue weighted by atomic mass is 19.3. The van der Waals surface area contributed by atoms with Gasteiger partial charge in [-0.2, -0.15) is 0 Å². The van der Waals surface area contributed by atoms with E-state index < -0.39 is 53.6 Å². The lowest BCUT2D eigenvalue weighted by atomic mass is 10.0. The molecule has 2 aliphatic carbocycles. The molecule has 10 heteroatoms. The molecule has 402 valence electrons. The molecule has 0 radical (unpaired) electrons. The van der Waals surface area contributed by atoms with Crippen LogP contribution in [0.5, 0.6) is 0 Å². The third kappa shape index (κ3) is 31.0. The first-order valence-electron chi connectivity index (χ1n) is 29.0. The Morgan fingerprint density at radius 2 is 0.696 bits per heavy atom. The van der Waals surface area contributed by atoms with Crippen molar-refractivity contribution in [3.8, 4) is 0 Å². The Morgan fingerprint density at radius 3 is 1.13 bits per heavy atom. The van der Waals surface area contributed by atoms with Gasteiger partial charge in [0, 0.05) is 42.9 Å². The molecule has 0 aromatic carbocycles. The summed E-state index contributed by atoms with van der Waals surface area (Å²) < 4.78 is 74.0. The van der Waals surface area contributed by atoms with Crippen molar-refractivity contribution in [3.63, 3.8) is 0 Å². The summed E-state index contributed by atoms with van der Waals surface area (Å²) in [6.07, 6.45) is 44.5. The van der Waals surface area contributed by atoms with E-state index in [1.54, 1.807) is 0 Å². The Hall–Kier alpha value is -2.39. The summed E-state index contributed by atoms with van der Waals surface area (Å²) in [5, 5.41) is 0. The molecule has 0 N–H and O–H groups in total. The Labute approximate surface area is 419 Å². The van der Waals surface area contributed by atoms with E-state index in [4.69, 9.17) is 14.2 Å². The number of hydrogen-bond acceptors (Lipinski definition) is 6. The van der Waals surface area contributed by atoms with Crippen molar-refractivity contribution in [1.82, 2.24) is 0 Å². The fourth-order valence-corrected chi connectivity index (χ4v) is 9.99. The summed E-state index contributed by atoms with van der Waals surface area (Å²) in [5.74, 6) is -8.26. The number of carbonyl (C=O) groups excluding carboxylic acids is 3. The van der Waals surface area contributed by atoms with Gasteiger partial charge in [0.25, 0.3) is 11.8 Å². The zero-order chi connectivity index (χ0) is 50.3. The quantitative estimate of drug-likeness (QED) is 0.0199. The molecule has 0 aliphatic heterocycles. The van der Waals surface area contributed by atoms with Crippen molar-refractivity contribution < 1.29 is 46.2 Å². The first-order chi connectivity index (χ1) is 33.5. The summed E-state index contributed by atoms with van der Waals surface area (Å²) in [4.78, 5) is 38.2. The predicted molar refractivity (Wildman–Crippen MR) is 276 cm³/mol. The molecule has 2 saturated carbocycles. The molecule has 6 nitrogen and oxygen atoms in total. The molecule has 5 unspecified atom stereocenters. The van der Waals surface area contributed by atoms with Gasteiger partial charge in [0.05, 0.1) is 0 Å². The summed E-state index contributed by atoms with van der Waals surface area (Å²) >= 11 is 0. The van der Waals surface area contributed by atoms with Crippen molar-refractivity contribution in [1.29, 1.82) is 0 Å². The van der Waals surface area contributed by atoms with Crippen LogP contribution in [0.3, 0.4) is 0 Å². The van der Waals surface area contributed by atoms with Gasteiger partial charge in [-0.25, -0.2) is 17.6 Å². The van der Waals surface area contributed by atoms with Crippen molar-refractivity contribution in [2.75, 3.05) is 13.2 Å². The number of hydrogen-bond donors (Lipinski definition) is 0. The number of esters is 3. The largest absolute Gasteiger partial charge is 0.462 e. The number of rotatable bonds is 49. The number of alkyl halides is 4. The normalized spacial score (nSPS) is 19.6. The van der Waals surface area contributed by atoms with Crippen molar-refractivity contribution in [2.45, 2.75) is 296 Å². The van der Waals surface area contributed by atoms with Gasteiger partial charge in [-0.1, -0.05) is 199 Å². The Bertz CT molecular complexity index is 1350. The fraction of sp³-hybridized carbons (Fsp3) is 0.881. The Balaban J connectivity index is 1.65. The molecule has 2 aliphatic rings. The standard InChI is InChI=1S/C59H102F4O6/c1-4-7-10-13-16-17-18-19-20-21-22-23-24-31-38-45-55(64)67-48-50(69-57(66)47-40-33-26-30-37-44-54-52(59(54,62)63)42-35-28-15-12-9-6-3)49-68-56(65)46-39-32-25-29-36-43-53-51(58(53,60)61)41-34-27-14-11-8-5-2/h19-20,28,35,50-54H,4-18,21-27,29-34,36-49H2,1-3H3/b20-19+,35-28+. The van der Waals surface area contributed by atoms with Gasteiger partial charge < -0.3 is 14.2 Å². The second kappa shape index (κ2) is 40.1. The maximum atomic E-state index is 14.3. The smallest absolute Gasteiger partial charge is 0.306 e. The third-order valence-electron chi connectivity index (χ3n) is 14.7. The average Bonchev–Trinajstić information content (AvgIpc) is 4.08. The van der Waals surface area contributed by atoms with Crippen LogP contribution in [0.2, 0.25) is 0 Å². The summed E-state index contributed by atoms with van der Waals surface area (Å²) in [6, 6.07) is 0. The number of unbranched alkanes of at least 4 members (excludes halogenated alkanes) is 27. The van der Waals surface area contributed by atoms with Gasteiger partial charge in [-0.05, 0) is 83.5 Å². The molecule has 5 atom stereocenters. The molecule has 2 rings (SSSR count). The molecular formula is C59H102F4O6. The molecule has 0 spiro atoms. The lowest BCUT2D eigenvalue weighted by Crippen LogP contribution is -2.30. The lowest BCUT2D eigenvalue weighted by molar-refractivity contribution is -0.167. The highest BCUT2D eigenvalue weighted by molar-refractivity contribution is 5.71. The molecule has 2 fully saturated rings. The van der Waals surface area contributed by atoms with E-state index in [-0.39, 0.29) is 38.4 Å². The number of halogens is 4. The van der Waals surface area contributed by atoms with Crippen LogP contribution in [-0.2, 0) is 28.6 Å². The van der Waals surface area contributed by atoms with E-state index in [0.29, 0.717) is 38.5 Å². The molecule has 69 heavy (non-hydrogen) atoms. The minimum absolute atomic E-state index is 0.166. The second-order valence-corrected chi connectivity index (χ2v) is 21.0. The minimum atomic E-state index is -2.56. The van der Waals surface area contributed by atoms with E-state index in [2.05, 4.69) is 39.0 Å². The van der Waals surface area contributed by atoms with Crippen LogP contribution in [0.1, 0.15) is 278 Å². The maximum Gasteiger partial charge on any atom is 0.306 e. The molecule has 0 bridgehead atoms. The highest BCUT2D eigenvalue weighted by Gasteiger charge is 2.66. The summed E-state index contributed by atoms with van der Waals surface area (Å²) in [6.45, 7) is 6.18. The zero-order valence-electron chi connectivity index (χ0n) is 44.4. The van der Waals surface area contributed by atoms with Crippen LogP contribution in [0.4, 0.5) is 17.6 Å². The van der Waals surface area contributed by atoms with Gasteiger partial charge >= 0.3 is 17.9 Å². The van der Waals surface area contributed by atoms with Crippen LogP contribution in [-0.4, -0.2) is 49.1 Å². The fourth-order valence-electron chi connectivity index (χ4n) is 9.99. The minimum Gasteiger partial charge on any atom is -0.462 e. The van der Waals surface area contributed by atoms with E-state index in [9.17, 15) is 31.9 Å². The van der Waals surface area contributed by atoms with Gasteiger partial charge in [-0.15, -0.1) is 0 Å². The van der Waals surface area contributed by atoms with E-state index >= 15 is 0 Å². The molecule has 0 aromatic heterocycles. The van der Waals surface area contributed by atoms with Gasteiger partial charge in [0.15, 0.2) is 6.10 Å². The predicted octanol–water partition coefficient (Wildman–Crippen LogP) is 18.5. The molecule has 0 saturated heterocycles. The van der Waals surface area contributed by atoms with Gasteiger partial charge in [0.1, 0.15) is 13.2 Å². The summed E-state index contributed by atoms with van der Waals surface area (Å²) in [7, 11) is 0. The van der Waals surface area contributed by atoms with Crippen LogP contribution in [0.15, 0.2) is 24.3 Å². The first-order valence-corrected chi connectivity index (χ1v) is 29.0. The highest BCUT2D eigenvalue weighted by Crippen LogP contribution is 2.60. The van der Waals surface area contributed by atoms with Crippen LogP contribution in [0, 0.1) is 23.7 Å². The van der Waals surface area contributed by atoms with Crippen LogP contribution in [0.25, 0.3) is 0 Å². The lowest BCUT2D eigenvalue weighted by Gasteiger charge is -2.18. The van der Waals surface area contributed by atoms with E-state index in [1.807, 2.05) is 6.08 Å². The number of carbonyl (C=O) groups is 3. The maximum absolute atomic E-state index is 14.3. The van der Waals surface area contributed by atoms with Gasteiger partial charge in [0.2, 0.25) is 0 Å². The van der Waals surface area contributed by atoms with Gasteiger partial charge in [-0.3, -0.25) is 14.4 Å². The SMILES string of the molecule is CCCCC/C=C/CC1C(CCCCCCCC(=O)OC(COC(=O)CCCCCCC/C=C/CCCCCCCC)COC(=O)CCCCCCCC2C(CCCCCCCC)C2(F)F)C1(F)F. The first kappa shape index (κ1) is 62.7. The van der Waals surface area contributed by atoms with E-state index in [0.717, 1.165) is 128 Å². The topological polar surface area (TPSA) is 78.9 Å². The van der Waals surface area contributed by atoms with E-state index in [1.165, 1.54) is 70.6 Å². The molecule has 0 heterocycles. The molecule has 0 aromatic rings. The number of ether oxygens (including phenoxy) is 3. The monoisotopic (exact) mass is 983 g/mol. The Morgan fingerprint density at radius 1 is 0.391 bits per heavy atom.